The van der Waals surface area contributed by atoms with Gasteiger partial charge in [0.25, 0.3) is 0 Å². The average Bonchev–Trinajstić information content (AvgIpc) is 2.50. The molecular weight excluding hydrogens is 406 g/mol. The molecule has 0 aliphatic carbocycles. The molecule has 2 aromatic carbocycles. The molecule has 0 aliphatic rings. The molecule has 0 heterocycles. The number of hydrogen-bond acceptors (Lipinski definition) is 2. The number of hydrogen-bond donors (Lipinski definition) is 2. The van der Waals surface area contributed by atoms with Gasteiger partial charge in [-0.25, -0.2) is 4.39 Å². The third-order valence-electron chi connectivity index (χ3n) is 3.36. The molecule has 0 fully saturated rings. The van der Waals surface area contributed by atoms with Crippen LogP contribution in [0.15, 0.2) is 59.6 Å². The number of benzene rings is 2. The molecule has 23 heavy (non-hydrogen) atoms. The summed E-state index contributed by atoms with van der Waals surface area (Å²) < 4.78 is 13.0. The first-order chi connectivity index (χ1) is 10.6. The van der Waals surface area contributed by atoms with E-state index in [1.165, 1.54) is 12.1 Å². The Kier molecular flexibility index (Phi) is 7.97. The van der Waals surface area contributed by atoms with E-state index in [2.05, 4.69) is 10.3 Å². The lowest BCUT2D eigenvalue weighted by molar-refractivity contribution is 0.306. The van der Waals surface area contributed by atoms with Crippen molar-refractivity contribution in [2.45, 2.75) is 6.04 Å². The van der Waals surface area contributed by atoms with Crippen LogP contribution in [-0.2, 0) is 0 Å². The van der Waals surface area contributed by atoms with Crippen LogP contribution in [0.25, 0.3) is 0 Å². The number of aliphatic imine (C=N–C) groups is 1. The molecule has 1 unspecified atom stereocenters. The quantitative estimate of drug-likeness (QED) is 0.436. The predicted molar refractivity (Wildman–Crippen MR) is 105 cm³/mol. The van der Waals surface area contributed by atoms with Crippen LogP contribution in [0.2, 0.25) is 0 Å². The minimum Gasteiger partial charge on any atom is -0.370 e. The van der Waals surface area contributed by atoms with Gasteiger partial charge in [0, 0.05) is 5.69 Å². The SMILES string of the molecule is CN(C)C(CN=C(N)Nc1ccccc1)c1ccc(F)cc1.I. The Balaban J connectivity index is 0.00000264. The Labute approximate surface area is 153 Å². The molecular formula is C17H22FIN4. The summed E-state index contributed by atoms with van der Waals surface area (Å²) in [6.45, 7) is 0.490. The summed E-state index contributed by atoms with van der Waals surface area (Å²) in [6.07, 6.45) is 0. The zero-order valence-electron chi connectivity index (χ0n) is 13.2. The number of guanidine groups is 1. The summed E-state index contributed by atoms with van der Waals surface area (Å²) in [5, 5.41) is 3.05. The second-order valence-corrected chi connectivity index (χ2v) is 5.25. The summed E-state index contributed by atoms with van der Waals surface area (Å²) in [5.41, 5.74) is 7.81. The maximum absolute atomic E-state index is 13.0. The van der Waals surface area contributed by atoms with E-state index in [4.69, 9.17) is 5.73 Å². The van der Waals surface area contributed by atoms with Gasteiger partial charge in [-0.3, -0.25) is 4.99 Å². The number of para-hydroxylation sites is 1. The number of likely N-dealkylation sites (N-methyl/N-ethyl adjacent to an activating group) is 1. The maximum Gasteiger partial charge on any atom is 0.193 e. The van der Waals surface area contributed by atoms with Gasteiger partial charge in [0.1, 0.15) is 5.82 Å². The van der Waals surface area contributed by atoms with Gasteiger partial charge in [-0.05, 0) is 43.9 Å². The molecule has 0 saturated heterocycles. The van der Waals surface area contributed by atoms with Gasteiger partial charge in [0.15, 0.2) is 5.96 Å². The minimum atomic E-state index is -0.241. The van der Waals surface area contributed by atoms with Crippen molar-refractivity contribution in [2.75, 3.05) is 26.0 Å². The van der Waals surface area contributed by atoms with Crippen molar-refractivity contribution in [2.24, 2.45) is 10.7 Å². The lowest BCUT2D eigenvalue weighted by atomic mass is 10.1. The molecule has 2 rings (SSSR count). The van der Waals surface area contributed by atoms with E-state index in [0.29, 0.717) is 12.5 Å². The summed E-state index contributed by atoms with van der Waals surface area (Å²) in [7, 11) is 3.93. The first-order valence-corrected chi connectivity index (χ1v) is 7.10. The molecule has 4 nitrogen and oxygen atoms in total. The Bertz CT molecular complexity index is 614. The molecule has 0 saturated carbocycles. The van der Waals surface area contributed by atoms with Crippen LogP contribution >= 0.6 is 24.0 Å². The van der Waals surface area contributed by atoms with E-state index in [-0.39, 0.29) is 35.8 Å². The fourth-order valence-electron chi connectivity index (χ4n) is 2.15. The van der Waals surface area contributed by atoms with Crippen molar-refractivity contribution in [3.8, 4) is 0 Å². The molecule has 2 aromatic rings. The monoisotopic (exact) mass is 428 g/mol. The number of nitrogens with one attached hydrogen (secondary N) is 1. The third-order valence-corrected chi connectivity index (χ3v) is 3.36. The van der Waals surface area contributed by atoms with Crippen molar-refractivity contribution in [1.29, 1.82) is 0 Å². The highest BCUT2D eigenvalue weighted by Gasteiger charge is 2.13. The third kappa shape index (κ3) is 6.15. The summed E-state index contributed by atoms with van der Waals surface area (Å²) in [4.78, 5) is 6.42. The number of rotatable bonds is 5. The van der Waals surface area contributed by atoms with Gasteiger partial charge < -0.3 is 16.0 Å². The van der Waals surface area contributed by atoms with Crippen molar-refractivity contribution in [1.82, 2.24) is 4.90 Å². The van der Waals surface area contributed by atoms with Crippen LogP contribution in [0.1, 0.15) is 11.6 Å². The van der Waals surface area contributed by atoms with Crippen LogP contribution in [0, 0.1) is 5.82 Å². The van der Waals surface area contributed by atoms with E-state index >= 15 is 0 Å². The Morgan fingerprint density at radius 2 is 1.74 bits per heavy atom. The van der Waals surface area contributed by atoms with Crippen LogP contribution < -0.4 is 11.1 Å². The largest absolute Gasteiger partial charge is 0.370 e. The highest BCUT2D eigenvalue weighted by molar-refractivity contribution is 14.0. The second-order valence-electron chi connectivity index (χ2n) is 5.25. The lowest BCUT2D eigenvalue weighted by Gasteiger charge is -2.23. The highest BCUT2D eigenvalue weighted by Crippen LogP contribution is 2.19. The van der Waals surface area contributed by atoms with Crippen LogP contribution in [-0.4, -0.2) is 31.5 Å². The molecule has 0 radical (unpaired) electrons. The number of nitrogens with zero attached hydrogens (tertiary/aromatic N) is 2. The normalized spacial score (nSPS) is 12.6. The van der Waals surface area contributed by atoms with E-state index < -0.39 is 0 Å². The minimum absolute atomic E-state index is 0. The molecule has 0 aromatic heterocycles. The molecule has 0 spiro atoms. The molecule has 0 aliphatic heterocycles. The van der Waals surface area contributed by atoms with Crippen LogP contribution in [0.3, 0.4) is 0 Å². The molecule has 0 bridgehead atoms. The number of halogens is 2. The smallest absolute Gasteiger partial charge is 0.193 e. The van der Waals surface area contributed by atoms with Crippen molar-refractivity contribution in [3.63, 3.8) is 0 Å². The first-order valence-electron chi connectivity index (χ1n) is 7.10. The summed E-state index contributed by atoms with van der Waals surface area (Å²) in [6, 6.07) is 16.1. The van der Waals surface area contributed by atoms with Gasteiger partial charge in [-0.15, -0.1) is 24.0 Å². The first kappa shape index (κ1) is 19.4. The van der Waals surface area contributed by atoms with Gasteiger partial charge in [-0.1, -0.05) is 30.3 Å². The van der Waals surface area contributed by atoms with E-state index in [0.717, 1.165) is 11.3 Å². The Morgan fingerprint density at radius 1 is 1.13 bits per heavy atom. The van der Waals surface area contributed by atoms with Crippen molar-refractivity contribution < 1.29 is 4.39 Å². The lowest BCUT2D eigenvalue weighted by Crippen LogP contribution is -2.27. The van der Waals surface area contributed by atoms with Gasteiger partial charge >= 0.3 is 0 Å². The molecule has 6 heteroatoms. The van der Waals surface area contributed by atoms with E-state index in [1.54, 1.807) is 12.1 Å². The van der Waals surface area contributed by atoms with Crippen LogP contribution in [0.4, 0.5) is 10.1 Å². The average molecular weight is 428 g/mol. The summed E-state index contributed by atoms with van der Waals surface area (Å²) in [5.74, 6) is 0.121. The Hall–Kier alpha value is -1.67. The van der Waals surface area contributed by atoms with E-state index in [9.17, 15) is 4.39 Å². The van der Waals surface area contributed by atoms with Gasteiger partial charge in [-0.2, -0.15) is 0 Å². The number of nitrogens with two attached hydrogens (primary N) is 1. The molecule has 124 valence electrons. The van der Waals surface area contributed by atoms with Crippen LogP contribution in [0.5, 0.6) is 0 Å². The topological polar surface area (TPSA) is 53.6 Å². The van der Waals surface area contributed by atoms with Crippen molar-refractivity contribution >= 4 is 35.6 Å². The standard InChI is InChI=1S/C17H21FN4.HI/c1-22(2)16(13-8-10-14(18)11-9-13)12-20-17(19)21-15-6-4-3-5-7-15;/h3-11,16H,12H2,1-2H3,(H3,19,20,21);1H. The molecule has 0 amide bonds. The maximum atomic E-state index is 13.0. The zero-order chi connectivity index (χ0) is 15.9. The molecule has 1 atom stereocenters. The fraction of sp³-hybridized carbons (Fsp3) is 0.235. The van der Waals surface area contributed by atoms with Gasteiger partial charge in [0.05, 0.1) is 12.6 Å². The summed E-state index contributed by atoms with van der Waals surface area (Å²) >= 11 is 0. The second kappa shape index (κ2) is 9.46. The fourth-order valence-corrected chi connectivity index (χ4v) is 2.15. The highest BCUT2D eigenvalue weighted by atomic mass is 127. The molecule has 3 N–H and O–H groups in total. The van der Waals surface area contributed by atoms with Gasteiger partial charge in [0.2, 0.25) is 0 Å². The number of anilines is 1. The van der Waals surface area contributed by atoms with Crippen molar-refractivity contribution in [3.05, 3.63) is 66.0 Å². The Morgan fingerprint density at radius 3 is 2.30 bits per heavy atom. The predicted octanol–water partition coefficient (Wildman–Crippen LogP) is 3.47. The van der Waals surface area contributed by atoms with E-state index in [1.807, 2.05) is 49.3 Å². The zero-order valence-corrected chi connectivity index (χ0v) is 15.6.